The number of rotatable bonds is 6. The maximum Gasteiger partial charge on any atom is 0.251 e. The second-order valence-electron chi connectivity index (χ2n) is 3.87. The van der Waals surface area contributed by atoms with Crippen molar-refractivity contribution in [2.24, 2.45) is 5.92 Å². The van der Waals surface area contributed by atoms with Crippen molar-refractivity contribution in [1.29, 1.82) is 0 Å². The molecule has 4 nitrogen and oxygen atoms in total. The van der Waals surface area contributed by atoms with E-state index in [1.54, 1.807) is 6.92 Å². The van der Waals surface area contributed by atoms with Crippen molar-refractivity contribution in [1.82, 2.24) is 9.71 Å². The molecular weight excluding hydrogens is 280 g/mol. The highest BCUT2D eigenvalue weighted by atomic mass is 35.5. The van der Waals surface area contributed by atoms with Crippen LogP contribution in [0.3, 0.4) is 0 Å². The molecular formula is C10H17ClN2O2S2. The molecule has 0 aromatic carbocycles. The molecule has 0 saturated carbocycles. The first-order valence-corrected chi connectivity index (χ1v) is 8.21. The Morgan fingerprint density at radius 2 is 2.00 bits per heavy atom. The van der Waals surface area contributed by atoms with E-state index in [0.717, 1.165) is 24.2 Å². The number of hydrogen-bond donors (Lipinski definition) is 1. The van der Waals surface area contributed by atoms with Gasteiger partial charge < -0.3 is 0 Å². The monoisotopic (exact) mass is 296 g/mol. The first-order chi connectivity index (χ1) is 7.90. The van der Waals surface area contributed by atoms with Crippen LogP contribution in [0.5, 0.6) is 0 Å². The van der Waals surface area contributed by atoms with Crippen LogP contribution in [0.15, 0.2) is 4.21 Å². The molecule has 0 bridgehead atoms. The minimum Gasteiger partial charge on any atom is -0.229 e. The number of halogens is 1. The largest absolute Gasteiger partial charge is 0.251 e. The highest BCUT2D eigenvalue weighted by molar-refractivity contribution is 7.91. The molecule has 7 heteroatoms. The summed E-state index contributed by atoms with van der Waals surface area (Å²) in [5.74, 6) is 0.369. The molecule has 0 atom stereocenters. The van der Waals surface area contributed by atoms with E-state index in [1.165, 1.54) is 0 Å². The van der Waals surface area contributed by atoms with Gasteiger partial charge in [-0.2, -0.15) is 0 Å². The number of nitrogens with one attached hydrogen (secondary N) is 1. The highest BCUT2D eigenvalue weighted by Gasteiger charge is 2.21. The van der Waals surface area contributed by atoms with Crippen LogP contribution in [0, 0.1) is 12.8 Å². The van der Waals surface area contributed by atoms with Crippen LogP contribution in [0.2, 0.25) is 4.47 Å². The Bertz CT molecular complexity index is 467. The van der Waals surface area contributed by atoms with Gasteiger partial charge in [-0.15, -0.1) is 0 Å². The third-order valence-electron chi connectivity index (χ3n) is 2.69. The van der Waals surface area contributed by atoms with Gasteiger partial charge in [-0.1, -0.05) is 49.6 Å². The van der Waals surface area contributed by atoms with Crippen molar-refractivity contribution in [2.75, 3.05) is 6.54 Å². The third kappa shape index (κ3) is 3.91. The molecule has 0 aliphatic heterocycles. The quantitative estimate of drug-likeness (QED) is 0.878. The molecule has 1 N–H and O–H groups in total. The molecule has 0 fully saturated rings. The molecule has 0 saturated heterocycles. The van der Waals surface area contributed by atoms with Gasteiger partial charge in [-0.3, -0.25) is 0 Å². The summed E-state index contributed by atoms with van der Waals surface area (Å²) in [5, 5.41) is 0. The number of hydrogen-bond acceptors (Lipinski definition) is 4. The predicted molar refractivity (Wildman–Crippen MR) is 71.1 cm³/mol. The number of nitrogens with zero attached hydrogens (tertiary/aromatic N) is 1. The molecule has 1 aromatic rings. The van der Waals surface area contributed by atoms with Crippen molar-refractivity contribution in [3.05, 3.63) is 10.2 Å². The molecule has 17 heavy (non-hydrogen) atoms. The Morgan fingerprint density at radius 3 is 2.41 bits per heavy atom. The maximum absolute atomic E-state index is 12.0. The van der Waals surface area contributed by atoms with E-state index in [-0.39, 0.29) is 8.68 Å². The van der Waals surface area contributed by atoms with Crippen molar-refractivity contribution in [3.8, 4) is 0 Å². The minimum atomic E-state index is -3.46. The first kappa shape index (κ1) is 14.9. The van der Waals surface area contributed by atoms with Gasteiger partial charge in [-0.05, 0) is 12.8 Å². The van der Waals surface area contributed by atoms with E-state index in [1.807, 2.05) is 0 Å². The number of thiazole rings is 1. The van der Waals surface area contributed by atoms with Crippen LogP contribution in [0.1, 0.15) is 32.4 Å². The van der Waals surface area contributed by atoms with Gasteiger partial charge in [-0.25, -0.2) is 18.1 Å². The topological polar surface area (TPSA) is 59.1 Å². The third-order valence-corrected chi connectivity index (χ3v) is 5.98. The molecule has 1 aromatic heterocycles. The fourth-order valence-corrected chi connectivity index (χ4v) is 4.37. The average molecular weight is 297 g/mol. The summed E-state index contributed by atoms with van der Waals surface area (Å²) in [4.78, 5) is 3.91. The molecule has 0 radical (unpaired) electrons. The molecule has 1 heterocycles. The van der Waals surface area contributed by atoms with Crippen LogP contribution in [-0.2, 0) is 10.0 Å². The van der Waals surface area contributed by atoms with Gasteiger partial charge in [0, 0.05) is 6.54 Å². The van der Waals surface area contributed by atoms with E-state index < -0.39 is 10.0 Å². The lowest BCUT2D eigenvalue weighted by Crippen LogP contribution is -2.28. The predicted octanol–water partition coefficient (Wildman–Crippen LogP) is 2.82. The molecule has 98 valence electrons. The lowest BCUT2D eigenvalue weighted by atomic mass is 10.0. The summed E-state index contributed by atoms with van der Waals surface area (Å²) in [5.41, 5.74) is 0.456. The van der Waals surface area contributed by atoms with E-state index in [0.29, 0.717) is 18.2 Å². The fourth-order valence-electron chi connectivity index (χ4n) is 1.47. The van der Waals surface area contributed by atoms with Crippen molar-refractivity contribution in [2.45, 2.75) is 37.8 Å². The van der Waals surface area contributed by atoms with E-state index in [9.17, 15) is 8.42 Å². The highest BCUT2D eigenvalue weighted by Crippen LogP contribution is 2.26. The Balaban J connectivity index is 2.79. The van der Waals surface area contributed by atoms with E-state index in [2.05, 4.69) is 23.6 Å². The molecule has 1 rings (SSSR count). The summed E-state index contributed by atoms with van der Waals surface area (Å²) in [7, 11) is -3.46. The number of aryl methyl sites for hydroxylation is 1. The second-order valence-corrected chi connectivity index (χ2v) is 7.42. The van der Waals surface area contributed by atoms with Gasteiger partial charge in [0.1, 0.15) is 0 Å². The normalized spacial score (nSPS) is 12.3. The standard InChI is InChI=1S/C10H17ClN2O2S2/c1-4-8(5-2)6-12-17(14,15)9-7(3)13-10(11)16-9/h8,12H,4-6H2,1-3H3. The summed E-state index contributed by atoms with van der Waals surface area (Å²) in [6, 6.07) is 0. The Hall–Kier alpha value is -0.170. The van der Waals surface area contributed by atoms with Crippen LogP contribution in [0.4, 0.5) is 0 Å². The Morgan fingerprint density at radius 1 is 1.41 bits per heavy atom. The number of sulfonamides is 1. The Kier molecular flexibility index (Phi) is 5.37. The molecule has 0 aliphatic carbocycles. The molecule has 0 aliphatic rings. The smallest absolute Gasteiger partial charge is 0.229 e. The van der Waals surface area contributed by atoms with Crippen LogP contribution in [0.25, 0.3) is 0 Å². The first-order valence-electron chi connectivity index (χ1n) is 5.53. The zero-order valence-corrected chi connectivity index (χ0v) is 12.5. The minimum absolute atomic E-state index is 0.216. The SMILES string of the molecule is CCC(CC)CNS(=O)(=O)c1sc(Cl)nc1C. The molecule has 0 unspecified atom stereocenters. The van der Waals surface area contributed by atoms with Gasteiger partial charge in [0.25, 0.3) is 10.0 Å². The van der Waals surface area contributed by atoms with E-state index >= 15 is 0 Å². The lowest BCUT2D eigenvalue weighted by molar-refractivity contribution is 0.479. The van der Waals surface area contributed by atoms with Crippen molar-refractivity contribution >= 4 is 33.0 Å². The summed E-state index contributed by atoms with van der Waals surface area (Å²) in [6.07, 6.45) is 1.92. The number of aromatic nitrogens is 1. The zero-order valence-electron chi connectivity index (χ0n) is 10.2. The van der Waals surface area contributed by atoms with Crippen LogP contribution < -0.4 is 4.72 Å². The van der Waals surface area contributed by atoms with Gasteiger partial charge in [0.05, 0.1) is 5.69 Å². The summed E-state index contributed by atoms with van der Waals surface area (Å²) in [6.45, 7) is 6.22. The molecule has 0 spiro atoms. The van der Waals surface area contributed by atoms with Gasteiger partial charge >= 0.3 is 0 Å². The fraction of sp³-hybridized carbons (Fsp3) is 0.700. The van der Waals surface area contributed by atoms with Crippen LogP contribution >= 0.6 is 22.9 Å². The lowest BCUT2D eigenvalue weighted by Gasteiger charge is -2.12. The van der Waals surface area contributed by atoms with Gasteiger partial charge in [0.2, 0.25) is 0 Å². The second kappa shape index (κ2) is 6.13. The van der Waals surface area contributed by atoms with E-state index in [4.69, 9.17) is 11.6 Å². The maximum atomic E-state index is 12.0. The molecule has 0 amide bonds. The average Bonchev–Trinajstić information content (AvgIpc) is 2.60. The zero-order chi connectivity index (χ0) is 13.1. The Labute approximate surface area is 111 Å². The summed E-state index contributed by atoms with van der Waals surface area (Å²) >= 11 is 6.70. The van der Waals surface area contributed by atoms with Crippen molar-refractivity contribution in [3.63, 3.8) is 0 Å². The summed E-state index contributed by atoms with van der Waals surface area (Å²) < 4.78 is 27.1. The van der Waals surface area contributed by atoms with Crippen molar-refractivity contribution < 1.29 is 8.42 Å². The van der Waals surface area contributed by atoms with Crippen LogP contribution in [-0.4, -0.2) is 19.9 Å². The van der Waals surface area contributed by atoms with Gasteiger partial charge in [0.15, 0.2) is 8.68 Å².